The van der Waals surface area contributed by atoms with Gasteiger partial charge in [-0.2, -0.15) is 0 Å². The van der Waals surface area contributed by atoms with E-state index in [-0.39, 0.29) is 22.9 Å². The number of hydrogen-bond donors (Lipinski definition) is 2. The Balaban J connectivity index is 1.93. The summed E-state index contributed by atoms with van der Waals surface area (Å²) in [4.78, 5) is 13.2. The first-order valence-corrected chi connectivity index (χ1v) is 9.77. The van der Waals surface area contributed by atoms with Gasteiger partial charge in [-0.15, -0.1) is 0 Å². The van der Waals surface area contributed by atoms with Gasteiger partial charge in [0.15, 0.2) is 11.6 Å². The van der Waals surface area contributed by atoms with Gasteiger partial charge in [-0.05, 0) is 41.7 Å². The topological polar surface area (TPSA) is 41.1 Å². The largest absolute Gasteiger partial charge is 0.326 e. The number of benzene rings is 2. The lowest BCUT2D eigenvalue weighted by atomic mass is 9.78. The zero-order valence-corrected chi connectivity index (χ0v) is 17.0. The van der Waals surface area contributed by atoms with Gasteiger partial charge in [-0.3, -0.25) is 4.79 Å². The molecular weight excluding hydrogens is 382 g/mol. The van der Waals surface area contributed by atoms with Gasteiger partial charge in [-0.25, -0.2) is 8.78 Å². The molecule has 1 aliphatic rings. The molecule has 1 aliphatic heterocycles. The number of halogens is 3. The van der Waals surface area contributed by atoms with E-state index in [1.165, 1.54) is 6.07 Å². The van der Waals surface area contributed by atoms with Crippen LogP contribution in [0.25, 0.3) is 0 Å². The van der Waals surface area contributed by atoms with E-state index in [0.29, 0.717) is 17.3 Å². The van der Waals surface area contributed by atoms with Crippen LogP contribution >= 0.6 is 11.6 Å². The summed E-state index contributed by atoms with van der Waals surface area (Å²) in [6.07, 6.45) is 0.730. The highest BCUT2D eigenvalue weighted by Crippen LogP contribution is 2.39. The Morgan fingerprint density at radius 1 is 1.21 bits per heavy atom. The van der Waals surface area contributed by atoms with E-state index in [1.54, 1.807) is 30.3 Å². The summed E-state index contributed by atoms with van der Waals surface area (Å²) in [5, 5.41) is 6.77. The number of carbonyl (C=O) groups is 1. The molecule has 3 rings (SSSR count). The maximum atomic E-state index is 14.5. The third-order valence-electron chi connectivity index (χ3n) is 5.08. The van der Waals surface area contributed by atoms with Gasteiger partial charge in [-0.1, -0.05) is 50.6 Å². The molecule has 2 aromatic rings. The number of nitrogens with one attached hydrogen (secondary N) is 2. The lowest BCUT2D eigenvalue weighted by molar-refractivity contribution is -0.120. The van der Waals surface area contributed by atoms with Gasteiger partial charge < -0.3 is 10.6 Å². The molecule has 0 aliphatic carbocycles. The zero-order chi connectivity index (χ0) is 20.5. The molecule has 1 saturated heterocycles. The molecule has 1 amide bonds. The number of carbonyl (C=O) groups excluding carboxylic acids is 1. The van der Waals surface area contributed by atoms with Crippen molar-refractivity contribution in [1.82, 2.24) is 5.32 Å². The molecule has 0 bridgehead atoms. The molecule has 2 aromatic carbocycles. The highest BCUT2D eigenvalue weighted by atomic mass is 35.5. The Bertz CT molecular complexity index is 866. The molecule has 150 valence electrons. The van der Waals surface area contributed by atoms with Crippen molar-refractivity contribution < 1.29 is 13.6 Å². The summed E-state index contributed by atoms with van der Waals surface area (Å²) >= 11 is 6.01. The lowest BCUT2D eigenvalue weighted by Gasteiger charge is -2.29. The normalized spacial score (nSPS) is 22.3. The molecule has 0 saturated carbocycles. The Hall–Kier alpha value is -1.98. The molecule has 6 heteroatoms. The highest BCUT2D eigenvalue weighted by Gasteiger charge is 2.44. The number of hydrogen-bond acceptors (Lipinski definition) is 2. The van der Waals surface area contributed by atoms with E-state index in [2.05, 4.69) is 31.4 Å². The molecule has 28 heavy (non-hydrogen) atoms. The first kappa shape index (κ1) is 20.7. The second-order valence-corrected chi connectivity index (χ2v) is 8.99. The average molecular weight is 407 g/mol. The van der Waals surface area contributed by atoms with Crippen LogP contribution in [0.15, 0.2) is 42.5 Å². The standard InChI is InChI=1S/C22H25ClF2N2O/c1-22(2,3)11-18-19(21(28)27-14-7-4-6-13(23)10-14)16(12-26-18)15-8-5-9-17(24)20(15)25/h4-10,16,18-19,26H,11-12H2,1-3H3,(H,27,28). The van der Waals surface area contributed by atoms with Gasteiger partial charge in [0.25, 0.3) is 0 Å². The summed E-state index contributed by atoms with van der Waals surface area (Å²) in [5.41, 5.74) is 0.786. The first-order chi connectivity index (χ1) is 13.2. The minimum absolute atomic E-state index is 0.0262. The molecule has 1 fully saturated rings. The number of rotatable bonds is 4. The molecule has 1 heterocycles. The first-order valence-electron chi connectivity index (χ1n) is 9.39. The number of amides is 1. The Labute approximate surface area is 169 Å². The van der Waals surface area contributed by atoms with Crippen molar-refractivity contribution in [2.45, 2.75) is 39.2 Å². The van der Waals surface area contributed by atoms with Crippen LogP contribution in [-0.4, -0.2) is 18.5 Å². The average Bonchev–Trinajstić information content (AvgIpc) is 2.99. The summed E-state index contributed by atoms with van der Waals surface area (Å²) in [7, 11) is 0. The van der Waals surface area contributed by atoms with Gasteiger partial charge >= 0.3 is 0 Å². The molecule has 0 aromatic heterocycles. The second-order valence-electron chi connectivity index (χ2n) is 8.55. The quantitative estimate of drug-likeness (QED) is 0.717. The predicted molar refractivity (Wildman–Crippen MR) is 109 cm³/mol. The molecule has 3 atom stereocenters. The van der Waals surface area contributed by atoms with E-state index in [4.69, 9.17) is 11.6 Å². The van der Waals surface area contributed by atoms with Gasteiger partial charge in [0.05, 0.1) is 5.92 Å². The van der Waals surface area contributed by atoms with Crippen molar-refractivity contribution >= 4 is 23.2 Å². The molecule has 0 spiro atoms. The van der Waals surface area contributed by atoms with Crippen LogP contribution in [0.2, 0.25) is 5.02 Å². The fourth-order valence-electron chi connectivity index (χ4n) is 3.94. The minimum atomic E-state index is -0.897. The van der Waals surface area contributed by atoms with E-state index in [1.807, 2.05) is 0 Å². The van der Waals surface area contributed by atoms with Crippen molar-refractivity contribution in [2.24, 2.45) is 11.3 Å². The van der Waals surface area contributed by atoms with Crippen LogP contribution < -0.4 is 10.6 Å². The zero-order valence-electron chi connectivity index (χ0n) is 16.2. The van der Waals surface area contributed by atoms with E-state index >= 15 is 0 Å². The van der Waals surface area contributed by atoms with Crippen LogP contribution in [0.3, 0.4) is 0 Å². The predicted octanol–water partition coefficient (Wildman–Crippen LogP) is 5.36. The maximum Gasteiger partial charge on any atom is 0.229 e. The highest BCUT2D eigenvalue weighted by molar-refractivity contribution is 6.30. The van der Waals surface area contributed by atoms with E-state index in [0.717, 1.165) is 12.5 Å². The summed E-state index contributed by atoms with van der Waals surface area (Å²) in [6, 6.07) is 10.9. The second kappa shape index (κ2) is 8.18. The maximum absolute atomic E-state index is 14.5. The lowest BCUT2D eigenvalue weighted by Crippen LogP contribution is -2.38. The third kappa shape index (κ3) is 4.70. The SMILES string of the molecule is CC(C)(C)CC1NCC(c2cccc(F)c2F)C1C(=O)Nc1cccc(Cl)c1. The molecule has 3 nitrogen and oxygen atoms in total. The molecule has 2 N–H and O–H groups in total. The summed E-state index contributed by atoms with van der Waals surface area (Å²) in [6.45, 7) is 6.69. The fraction of sp³-hybridized carbons (Fsp3) is 0.409. The summed E-state index contributed by atoms with van der Waals surface area (Å²) < 4.78 is 28.3. The van der Waals surface area contributed by atoms with Crippen molar-refractivity contribution in [2.75, 3.05) is 11.9 Å². The van der Waals surface area contributed by atoms with Gasteiger partial charge in [0.1, 0.15) is 0 Å². The summed E-state index contributed by atoms with van der Waals surface area (Å²) in [5.74, 6) is -3.00. The Kier molecular flexibility index (Phi) is 6.06. The molecule has 3 unspecified atom stereocenters. The minimum Gasteiger partial charge on any atom is -0.326 e. The van der Waals surface area contributed by atoms with Crippen molar-refractivity contribution in [3.63, 3.8) is 0 Å². The van der Waals surface area contributed by atoms with Gasteiger partial charge in [0, 0.05) is 29.2 Å². The van der Waals surface area contributed by atoms with Crippen LogP contribution in [0, 0.1) is 23.0 Å². The Morgan fingerprint density at radius 3 is 2.61 bits per heavy atom. The Morgan fingerprint density at radius 2 is 1.93 bits per heavy atom. The molecule has 0 radical (unpaired) electrons. The fourth-order valence-corrected chi connectivity index (χ4v) is 4.13. The number of anilines is 1. The monoisotopic (exact) mass is 406 g/mol. The molecular formula is C22H25ClF2N2O. The third-order valence-corrected chi connectivity index (χ3v) is 5.31. The van der Waals surface area contributed by atoms with Crippen molar-refractivity contribution in [3.8, 4) is 0 Å². The van der Waals surface area contributed by atoms with Crippen LogP contribution in [0.1, 0.15) is 38.7 Å². The smallest absolute Gasteiger partial charge is 0.229 e. The van der Waals surface area contributed by atoms with Crippen molar-refractivity contribution in [1.29, 1.82) is 0 Å². The van der Waals surface area contributed by atoms with Crippen LogP contribution in [0.5, 0.6) is 0 Å². The van der Waals surface area contributed by atoms with Crippen LogP contribution in [0.4, 0.5) is 14.5 Å². The van der Waals surface area contributed by atoms with E-state index < -0.39 is 23.5 Å². The van der Waals surface area contributed by atoms with Crippen molar-refractivity contribution in [3.05, 3.63) is 64.7 Å². The van der Waals surface area contributed by atoms with E-state index in [9.17, 15) is 13.6 Å². The van der Waals surface area contributed by atoms with Crippen LogP contribution in [-0.2, 0) is 4.79 Å². The van der Waals surface area contributed by atoms with Gasteiger partial charge in [0.2, 0.25) is 5.91 Å².